The predicted molar refractivity (Wildman–Crippen MR) is 143 cm³/mol. The molecule has 13 heteroatoms. The van der Waals surface area contributed by atoms with Crippen molar-refractivity contribution in [2.24, 2.45) is 5.92 Å². The van der Waals surface area contributed by atoms with Gasteiger partial charge in [0.05, 0.1) is 17.5 Å². The number of hydrogen-bond acceptors (Lipinski definition) is 4. The van der Waals surface area contributed by atoms with Crippen molar-refractivity contribution in [3.05, 3.63) is 63.6 Å². The van der Waals surface area contributed by atoms with Crippen LogP contribution in [0.2, 0.25) is 10.0 Å². The highest BCUT2D eigenvalue weighted by Crippen LogP contribution is 2.32. The minimum Gasteiger partial charge on any atom is -0.354 e. The Morgan fingerprint density at radius 3 is 2.26 bits per heavy atom. The van der Waals surface area contributed by atoms with Gasteiger partial charge in [-0.15, -0.1) is 0 Å². The smallest absolute Gasteiger partial charge is 0.354 e. The molecule has 0 fully saturated rings. The van der Waals surface area contributed by atoms with E-state index in [1.165, 1.54) is 11.0 Å². The maximum Gasteiger partial charge on any atom is 0.416 e. The van der Waals surface area contributed by atoms with E-state index in [-0.39, 0.29) is 29.6 Å². The van der Waals surface area contributed by atoms with Crippen molar-refractivity contribution in [3.63, 3.8) is 0 Å². The van der Waals surface area contributed by atoms with Crippen molar-refractivity contribution in [2.45, 2.75) is 46.0 Å². The minimum absolute atomic E-state index is 0.132. The van der Waals surface area contributed by atoms with Gasteiger partial charge in [0.2, 0.25) is 21.8 Å². The molecule has 0 aliphatic rings. The van der Waals surface area contributed by atoms with Gasteiger partial charge in [0, 0.05) is 23.1 Å². The number of carbonyl (C=O) groups excluding carboxylic acids is 2. The molecule has 7 nitrogen and oxygen atoms in total. The maximum absolute atomic E-state index is 13.6. The van der Waals surface area contributed by atoms with Gasteiger partial charge < -0.3 is 10.2 Å². The van der Waals surface area contributed by atoms with Crippen LogP contribution in [0.15, 0.2) is 42.5 Å². The largest absolute Gasteiger partial charge is 0.416 e. The SMILES string of the molecule is CC[C@@H](C(=O)NCC(C)C)N(Cc1ccc(Cl)cc1Cl)C(=O)CN(c1cccc(C(F)(F)F)c1)S(C)(=O)=O. The average molecular weight is 596 g/mol. The monoisotopic (exact) mass is 595 g/mol. The molecule has 0 aromatic heterocycles. The summed E-state index contributed by atoms with van der Waals surface area (Å²) in [4.78, 5) is 27.9. The first-order chi connectivity index (χ1) is 17.5. The van der Waals surface area contributed by atoms with Crippen LogP contribution in [-0.2, 0) is 32.3 Å². The fourth-order valence-electron chi connectivity index (χ4n) is 3.63. The fourth-order valence-corrected chi connectivity index (χ4v) is 4.94. The van der Waals surface area contributed by atoms with Crippen LogP contribution in [-0.4, -0.2) is 50.5 Å². The summed E-state index contributed by atoms with van der Waals surface area (Å²) in [5.41, 5.74) is -0.956. The van der Waals surface area contributed by atoms with Crippen LogP contribution in [0.3, 0.4) is 0 Å². The molecule has 0 radical (unpaired) electrons. The van der Waals surface area contributed by atoms with E-state index in [0.717, 1.165) is 24.5 Å². The van der Waals surface area contributed by atoms with E-state index < -0.39 is 46.2 Å². The summed E-state index contributed by atoms with van der Waals surface area (Å²) in [5.74, 6) is -1.12. The van der Waals surface area contributed by atoms with Crippen LogP contribution in [0.4, 0.5) is 18.9 Å². The minimum atomic E-state index is -4.72. The van der Waals surface area contributed by atoms with Gasteiger partial charge >= 0.3 is 6.18 Å². The third kappa shape index (κ3) is 8.78. The van der Waals surface area contributed by atoms with Crippen molar-refractivity contribution < 1.29 is 31.2 Å². The first kappa shape index (κ1) is 31.7. The fraction of sp³-hybridized carbons (Fsp3) is 0.440. The number of halogens is 5. The Bertz CT molecular complexity index is 1260. The summed E-state index contributed by atoms with van der Waals surface area (Å²) < 4.78 is 65.7. The lowest BCUT2D eigenvalue weighted by molar-refractivity contribution is -0.140. The molecule has 0 spiro atoms. The Morgan fingerprint density at radius 2 is 1.74 bits per heavy atom. The Hall–Kier alpha value is -2.50. The number of anilines is 1. The second-order valence-corrected chi connectivity index (χ2v) is 11.9. The van der Waals surface area contributed by atoms with Crippen LogP contribution in [0.25, 0.3) is 0 Å². The maximum atomic E-state index is 13.6. The van der Waals surface area contributed by atoms with Crippen molar-refractivity contribution in [2.75, 3.05) is 23.7 Å². The summed E-state index contributed by atoms with van der Waals surface area (Å²) in [5, 5.41) is 3.35. The molecule has 2 aromatic carbocycles. The highest BCUT2D eigenvalue weighted by molar-refractivity contribution is 7.92. The van der Waals surface area contributed by atoms with E-state index in [1.807, 2.05) is 13.8 Å². The van der Waals surface area contributed by atoms with E-state index in [4.69, 9.17) is 23.2 Å². The van der Waals surface area contributed by atoms with E-state index >= 15 is 0 Å². The van der Waals surface area contributed by atoms with Gasteiger partial charge in [0.15, 0.2) is 0 Å². The Balaban J connectivity index is 2.51. The van der Waals surface area contributed by atoms with Crippen molar-refractivity contribution in [3.8, 4) is 0 Å². The van der Waals surface area contributed by atoms with E-state index in [1.54, 1.807) is 19.1 Å². The second kappa shape index (κ2) is 13.0. The number of sulfonamides is 1. The third-order valence-corrected chi connectivity index (χ3v) is 7.29. The molecule has 0 aliphatic heterocycles. The number of nitrogens with one attached hydrogen (secondary N) is 1. The second-order valence-electron chi connectivity index (χ2n) is 9.14. The molecule has 0 aliphatic carbocycles. The third-order valence-electron chi connectivity index (χ3n) is 5.57. The molecule has 0 heterocycles. The van der Waals surface area contributed by atoms with Crippen LogP contribution in [0.1, 0.15) is 38.3 Å². The average Bonchev–Trinajstić information content (AvgIpc) is 2.81. The number of benzene rings is 2. The number of rotatable bonds is 11. The first-order valence-corrected chi connectivity index (χ1v) is 14.3. The zero-order valence-electron chi connectivity index (χ0n) is 21.4. The first-order valence-electron chi connectivity index (χ1n) is 11.7. The van der Waals surface area contributed by atoms with Crippen molar-refractivity contribution in [1.29, 1.82) is 0 Å². The quantitative estimate of drug-likeness (QED) is 0.379. The van der Waals surface area contributed by atoms with Crippen molar-refractivity contribution in [1.82, 2.24) is 10.2 Å². The van der Waals surface area contributed by atoms with Gasteiger partial charge in [-0.05, 0) is 48.2 Å². The molecule has 0 bridgehead atoms. The van der Waals surface area contributed by atoms with Crippen LogP contribution in [0, 0.1) is 5.92 Å². The highest BCUT2D eigenvalue weighted by Gasteiger charge is 2.34. The van der Waals surface area contributed by atoms with Gasteiger partial charge in [0.25, 0.3) is 0 Å². The predicted octanol–water partition coefficient (Wildman–Crippen LogP) is 5.36. The lowest BCUT2D eigenvalue weighted by Gasteiger charge is -2.33. The number of carbonyl (C=O) groups is 2. The molecule has 2 amide bonds. The van der Waals surface area contributed by atoms with Gasteiger partial charge in [0.1, 0.15) is 12.6 Å². The van der Waals surface area contributed by atoms with E-state index in [0.29, 0.717) is 27.5 Å². The Kier molecular flexibility index (Phi) is 10.9. The van der Waals surface area contributed by atoms with Gasteiger partial charge in [-0.3, -0.25) is 13.9 Å². The van der Waals surface area contributed by atoms with E-state index in [2.05, 4.69) is 5.32 Å². The molecule has 0 unspecified atom stereocenters. The summed E-state index contributed by atoms with van der Waals surface area (Å²) >= 11 is 12.3. The van der Waals surface area contributed by atoms with Gasteiger partial charge in [-0.25, -0.2) is 8.42 Å². The number of amides is 2. The standard InChI is InChI=1S/C25H30Cl2F3N3O4S/c1-5-22(24(35)31-13-16(2)3)32(14-17-9-10-19(26)12-21(17)27)23(34)15-33(38(4,36)37)20-8-6-7-18(11-20)25(28,29)30/h6-12,16,22H,5,13-15H2,1-4H3,(H,31,35)/t22-/m0/s1. The summed E-state index contributed by atoms with van der Waals surface area (Å²) in [6.07, 6.45) is -3.75. The van der Waals surface area contributed by atoms with Crippen molar-refractivity contribution >= 4 is 50.7 Å². The molecule has 2 rings (SSSR count). The Labute approximate surface area is 230 Å². The van der Waals surface area contributed by atoms with Crippen LogP contribution in [0.5, 0.6) is 0 Å². The van der Waals surface area contributed by atoms with E-state index in [9.17, 15) is 31.2 Å². The molecule has 210 valence electrons. The normalized spacial score (nSPS) is 12.8. The molecule has 38 heavy (non-hydrogen) atoms. The summed E-state index contributed by atoms with van der Waals surface area (Å²) in [6, 6.07) is 7.26. The summed E-state index contributed by atoms with van der Waals surface area (Å²) in [7, 11) is -4.20. The molecule has 1 atom stereocenters. The molecule has 2 aromatic rings. The highest BCUT2D eigenvalue weighted by atomic mass is 35.5. The zero-order chi connectivity index (χ0) is 28.8. The van der Waals surface area contributed by atoms with Crippen LogP contribution < -0.4 is 9.62 Å². The summed E-state index contributed by atoms with van der Waals surface area (Å²) in [6.45, 7) is 4.83. The number of nitrogens with zero attached hydrogens (tertiary/aromatic N) is 2. The molecular formula is C25H30Cl2F3N3O4S. The molecular weight excluding hydrogens is 566 g/mol. The molecule has 1 N–H and O–H groups in total. The molecule has 0 saturated heterocycles. The lowest BCUT2D eigenvalue weighted by atomic mass is 10.1. The van der Waals surface area contributed by atoms with Gasteiger partial charge in [-0.2, -0.15) is 13.2 Å². The number of alkyl halides is 3. The topological polar surface area (TPSA) is 86.8 Å². The van der Waals surface area contributed by atoms with Gasteiger partial charge in [-0.1, -0.05) is 56.1 Å². The lowest BCUT2D eigenvalue weighted by Crippen LogP contribution is -2.52. The number of hydrogen-bond donors (Lipinski definition) is 1. The zero-order valence-corrected chi connectivity index (χ0v) is 23.7. The Morgan fingerprint density at radius 1 is 1.08 bits per heavy atom. The molecule has 0 saturated carbocycles. The van der Waals surface area contributed by atoms with Crippen LogP contribution >= 0.6 is 23.2 Å².